The van der Waals surface area contributed by atoms with E-state index in [0.717, 1.165) is 24.2 Å². The van der Waals surface area contributed by atoms with E-state index in [1.807, 2.05) is 11.8 Å². The molecular formula is C12H24N2S. The second-order valence-electron chi connectivity index (χ2n) is 5.78. The highest BCUT2D eigenvalue weighted by Gasteiger charge is 2.22. The number of aliphatic imine (C=N–C) groups is 1. The number of thioether (sulfide) groups is 1. The summed E-state index contributed by atoms with van der Waals surface area (Å²) in [4.78, 5) is 4.53. The van der Waals surface area contributed by atoms with Crippen molar-refractivity contribution in [2.75, 3.05) is 13.1 Å². The van der Waals surface area contributed by atoms with Crippen molar-refractivity contribution in [2.24, 2.45) is 16.3 Å². The molecule has 1 N–H and O–H groups in total. The van der Waals surface area contributed by atoms with E-state index in [-0.39, 0.29) is 0 Å². The first-order valence-electron chi connectivity index (χ1n) is 5.83. The van der Waals surface area contributed by atoms with Gasteiger partial charge in [0.25, 0.3) is 0 Å². The van der Waals surface area contributed by atoms with Gasteiger partial charge in [0.2, 0.25) is 0 Å². The first kappa shape index (κ1) is 12.9. The fraction of sp³-hybridized carbons (Fsp3) is 0.917. The van der Waals surface area contributed by atoms with Gasteiger partial charge >= 0.3 is 0 Å². The molecule has 1 aliphatic heterocycles. The molecule has 1 rings (SSSR count). The third-order valence-electron chi connectivity index (χ3n) is 2.57. The summed E-state index contributed by atoms with van der Waals surface area (Å²) in [7, 11) is 0. The van der Waals surface area contributed by atoms with E-state index < -0.39 is 0 Å². The SMILES string of the molecule is CC(C)C1CN=C(NCCC(C)(C)C)S1. The molecule has 15 heavy (non-hydrogen) atoms. The van der Waals surface area contributed by atoms with Crippen LogP contribution in [-0.2, 0) is 0 Å². The molecule has 0 aromatic carbocycles. The van der Waals surface area contributed by atoms with Gasteiger partial charge in [-0.25, -0.2) is 0 Å². The van der Waals surface area contributed by atoms with E-state index in [1.54, 1.807) is 0 Å². The van der Waals surface area contributed by atoms with E-state index in [9.17, 15) is 0 Å². The van der Waals surface area contributed by atoms with Gasteiger partial charge in [0.15, 0.2) is 5.17 Å². The largest absolute Gasteiger partial charge is 0.365 e. The molecule has 0 spiro atoms. The van der Waals surface area contributed by atoms with Crippen molar-refractivity contribution in [1.29, 1.82) is 0 Å². The van der Waals surface area contributed by atoms with Gasteiger partial charge in [0.05, 0.1) is 6.54 Å². The quantitative estimate of drug-likeness (QED) is 0.802. The summed E-state index contributed by atoms with van der Waals surface area (Å²) < 4.78 is 0. The van der Waals surface area contributed by atoms with Crippen molar-refractivity contribution < 1.29 is 0 Å². The molecule has 0 aliphatic carbocycles. The van der Waals surface area contributed by atoms with Crippen LogP contribution in [0.4, 0.5) is 0 Å². The summed E-state index contributed by atoms with van der Waals surface area (Å²) >= 11 is 1.91. The van der Waals surface area contributed by atoms with Crippen molar-refractivity contribution in [3.8, 4) is 0 Å². The molecule has 88 valence electrons. The molecule has 0 bridgehead atoms. The van der Waals surface area contributed by atoms with Crippen molar-refractivity contribution in [3.05, 3.63) is 0 Å². The highest BCUT2D eigenvalue weighted by Crippen LogP contribution is 2.26. The minimum Gasteiger partial charge on any atom is -0.365 e. The monoisotopic (exact) mass is 228 g/mol. The fourth-order valence-electron chi connectivity index (χ4n) is 1.38. The number of nitrogens with one attached hydrogen (secondary N) is 1. The lowest BCUT2D eigenvalue weighted by Crippen LogP contribution is -2.24. The zero-order chi connectivity index (χ0) is 11.5. The molecule has 0 fully saturated rings. The standard InChI is InChI=1S/C12H24N2S/c1-9(2)10-8-14-11(15-10)13-7-6-12(3,4)5/h9-10H,6-8H2,1-5H3,(H,13,14). The Morgan fingerprint density at radius 2 is 2.13 bits per heavy atom. The van der Waals surface area contributed by atoms with Crippen LogP contribution in [0.15, 0.2) is 4.99 Å². The van der Waals surface area contributed by atoms with Gasteiger partial charge in [0.1, 0.15) is 0 Å². The highest BCUT2D eigenvalue weighted by atomic mass is 32.2. The molecular weight excluding hydrogens is 204 g/mol. The fourth-order valence-corrected chi connectivity index (χ4v) is 2.42. The smallest absolute Gasteiger partial charge is 0.156 e. The Morgan fingerprint density at radius 3 is 2.60 bits per heavy atom. The first-order chi connectivity index (χ1) is 6.88. The first-order valence-corrected chi connectivity index (χ1v) is 6.71. The van der Waals surface area contributed by atoms with Crippen LogP contribution in [0.2, 0.25) is 0 Å². The minimum atomic E-state index is 0.411. The van der Waals surface area contributed by atoms with Crippen LogP contribution in [0.1, 0.15) is 41.0 Å². The average Bonchev–Trinajstić information content (AvgIpc) is 2.50. The lowest BCUT2D eigenvalue weighted by molar-refractivity contribution is 0.378. The Hall–Kier alpha value is -0.180. The van der Waals surface area contributed by atoms with Gasteiger partial charge in [-0.15, -0.1) is 0 Å². The Balaban J connectivity index is 2.19. The molecule has 0 saturated heterocycles. The highest BCUT2D eigenvalue weighted by molar-refractivity contribution is 8.14. The van der Waals surface area contributed by atoms with Crippen molar-refractivity contribution >= 4 is 16.9 Å². The second-order valence-corrected chi connectivity index (χ2v) is 7.01. The maximum absolute atomic E-state index is 4.53. The predicted octanol–water partition coefficient (Wildman–Crippen LogP) is 3.14. The summed E-state index contributed by atoms with van der Waals surface area (Å²) in [5, 5.41) is 5.27. The van der Waals surface area contributed by atoms with Crippen molar-refractivity contribution in [1.82, 2.24) is 5.32 Å². The van der Waals surface area contributed by atoms with Crippen LogP contribution in [-0.4, -0.2) is 23.5 Å². The number of nitrogens with zero attached hydrogens (tertiary/aromatic N) is 1. The average molecular weight is 228 g/mol. The van der Waals surface area contributed by atoms with Crippen LogP contribution in [0.5, 0.6) is 0 Å². The van der Waals surface area contributed by atoms with Crippen LogP contribution in [0.3, 0.4) is 0 Å². The molecule has 0 radical (unpaired) electrons. The molecule has 1 heterocycles. The number of rotatable bonds is 3. The topological polar surface area (TPSA) is 24.4 Å². The summed E-state index contributed by atoms with van der Waals surface area (Å²) in [6.45, 7) is 13.4. The lowest BCUT2D eigenvalue weighted by Gasteiger charge is -2.18. The number of hydrogen-bond acceptors (Lipinski definition) is 3. The molecule has 0 aromatic heterocycles. The summed E-state index contributed by atoms with van der Waals surface area (Å²) in [5.74, 6) is 0.723. The minimum absolute atomic E-state index is 0.411. The summed E-state index contributed by atoms with van der Waals surface area (Å²) in [6.07, 6.45) is 1.19. The lowest BCUT2D eigenvalue weighted by atomic mass is 9.92. The van der Waals surface area contributed by atoms with E-state index in [1.165, 1.54) is 6.42 Å². The van der Waals surface area contributed by atoms with Gasteiger partial charge in [-0.05, 0) is 17.8 Å². The third-order valence-corrected chi connectivity index (χ3v) is 4.07. The van der Waals surface area contributed by atoms with Gasteiger partial charge in [-0.3, -0.25) is 4.99 Å². The molecule has 1 unspecified atom stereocenters. The normalized spacial score (nSPS) is 22.0. The number of hydrogen-bond donors (Lipinski definition) is 1. The summed E-state index contributed by atoms with van der Waals surface area (Å²) in [5.41, 5.74) is 0.411. The van der Waals surface area contributed by atoms with Crippen LogP contribution in [0.25, 0.3) is 0 Å². The van der Waals surface area contributed by atoms with Gasteiger partial charge in [-0.1, -0.05) is 46.4 Å². The Bertz CT molecular complexity index is 228. The molecule has 0 amide bonds. The molecule has 3 heteroatoms. The molecule has 2 nitrogen and oxygen atoms in total. The zero-order valence-corrected chi connectivity index (χ0v) is 11.4. The van der Waals surface area contributed by atoms with E-state index in [2.05, 4.69) is 44.9 Å². The summed E-state index contributed by atoms with van der Waals surface area (Å²) in [6, 6.07) is 0. The van der Waals surface area contributed by atoms with Gasteiger partial charge < -0.3 is 5.32 Å². The van der Waals surface area contributed by atoms with Gasteiger partial charge in [0, 0.05) is 11.8 Å². The van der Waals surface area contributed by atoms with E-state index >= 15 is 0 Å². The predicted molar refractivity (Wildman–Crippen MR) is 70.6 cm³/mol. The van der Waals surface area contributed by atoms with Crippen LogP contribution < -0.4 is 5.32 Å². The second kappa shape index (κ2) is 5.24. The number of amidine groups is 1. The van der Waals surface area contributed by atoms with Gasteiger partial charge in [-0.2, -0.15) is 0 Å². The Labute approximate surface area is 98.3 Å². The molecule has 1 atom stereocenters. The Morgan fingerprint density at radius 1 is 1.47 bits per heavy atom. The molecule has 0 saturated carbocycles. The van der Waals surface area contributed by atoms with Crippen LogP contribution in [0, 0.1) is 11.3 Å². The molecule has 1 aliphatic rings. The van der Waals surface area contributed by atoms with Crippen LogP contribution >= 0.6 is 11.8 Å². The Kier molecular flexibility index (Phi) is 4.50. The van der Waals surface area contributed by atoms with E-state index in [0.29, 0.717) is 10.7 Å². The van der Waals surface area contributed by atoms with Crippen molar-refractivity contribution in [3.63, 3.8) is 0 Å². The van der Waals surface area contributed by atoms with Crippen molar-refractivity contribution in [2.45, 2.75) is 46.3 Å². The maximum atomic E-state index is 4.53. The zero-order valence-electron chi connectivity index (χ0n) is 10.6. The molecule has 0 aromatic rings. The van der Waals surface area contributed by atoms with E-state index in [4.69, 9.17) is 0 Å². The third kappa shape index (κ3) is 4.92. The maximum Gasteiger partial charge on any atom is 0.156 e.